The van der Waals surface area contributed by atoms with E-state index in [9.17, 15) is 13.2 Å². The molecule has 1 N–H and O–H groups in total. The van der Waals surface area contributed by atoms with Crippen LogP contribution in [-0.4, -0.2) is 43.8 Å². The minimum Gasteiger partial charge on any atom is -0.497 e. The maximum absolute atomic E-state index is 12.6. The third kappa shape index (κ3) is 4.23. The van der Waals surface area contributed by atoms with Crippen molar-refractivity contribution in [2.24, 2.45) is 0 Å². The Kier molecular flexibility index (Phi) is 5.85. The van der Waals surface area contributed by atoms with Crippen molar-refractivity contribution in [2.75, 3.05) is 25.5 Å². The maximum atomic E-state index is 12.6. The predicted octanol–water partition coefficient (Wildman–Crippen LogP) is 3.86. The number of ether oxygens (including phenoxy) is 1. The molecule has 156 valence electrons. The van der Waals surface area contributed by atoms with Crippen LogP contribution in [0.25, 0.3) is 11.3 Å². The minimum absolute atomic E-state index is 0.259. The number of hydrogen-bond donors (Lipinski definition) is 1. The molecule has 4 rings (SSSR count). The molecule has 0 atom stereocenters. The first-order chi connectivity index (χ1) is 14.5. The number of benzene rings is 2. The molecule has 1 amide bonds. The first kappa shape index (κ1) is 20.5. The highest BCUT2D eigenvalue weighted by molar-refractivity contribution is 7.89. The molecular formula is C21H21N3O4S2. The van der Waals surface area contributed by atoms with Gasteiger partial charge in [0.25, 0.3) is 5.91 Å². The lowest BCUT2D eigenvalue weighted by Gasteiger charge is -2.15. The Morgan fingerprint density at radius 1 is 1.07 bits per heavy atom. The topological polar surface area (TPSA) is 88.6 Å². The molecule has 0 bridgehead atoms. The van der Waals surface area contributed by atoms with E-state index in [-0.39, 0.29) is 10.8 Å². The molecular weight excluding hydrogens is 422 g/mol. The number of sulfonamides is 1. The summed E-state index contributed by atoms with van der Waals surface area (Å²) in [4.78, 5) is 17.1. The number of aromatic nitrogens is 1. The number of rotatable bonds is 6. The summed E-state index contributed by atoms with van der Waals surface area (Å²) in [5.41, 5.74) is 1.97. The fourth-order valence-electron chi connectivity index (χ4n) is 3.25. The van der Waals surface area contributed by atoms with E-state index >= 15 is 0 Å². The number of thiazole rings is 1. The average Bonchev–Trinajstić information content (AvgIpc) is 3.47. The van der Waals surface area contributed by atoms with Crippen LogP contribution in [0, 0.1) is 0 Å². The summed E-state index contributed by atoms with van der Waals surface area (Å²) in [5, 5.41) is 5.08. The van der Waals surface area contributed by atoms with E-state index in [0.717, 1.165) is 18.4 Å². The summed E-state index contributed by atoms with van der Waals surface area (Å²) in [6.45, 7) is 1.15. The highest BCUT2D eigenvalue weighted by atomic mass is 32.2. The molecule has 1 aromatic heterocycles. The van der Waals surface area contributed by atoms with Gasteiger partial charge in [0.1, 0.15) is 5.75 Å². The molecule has 0 saturated carbocycles. The summed E-state index contributed by atoms with van der Waals surface area (Å²) in [6.07, 6.45) is 1.81. The summed E-state index contributed by atoms with van der Waals surface area (Å²) in [7, 11) is -1.86. The predicted molar refractivity (Wildman–Crippen MR) is 116 cm³/mol. The molecule has 9 heteroatoms. The van der Waals surface area contributed by atoms with Gasteiger partial charge in [-0.3, -0.25) is 10.1 Å². The number of amides is 1. The highest BCUT2D eigenvalue weighted by Gasteiger charge is 2.27. The van der Waals surface area contributed by atoms with Crippen molar-refractivity contribution in [3.8, 4) is 17.0 Å². The molecule has 7 nitrogen and oxygen atoms in total. The molecule has 1 aliphatic heterocycles. The Labute approximate surface area is 179 Å². The molecule has 2 aromatic carbocycles. The van der Waals surface area contributed by atoms with Gasteiger partial charge in [0.2, 0.25) is 10.0 Å². The molecule has 3 aromatic rings. The van der Waals surface area contributed by atoms with Crippen molar-refractivity contribution >= 4 is 32.4 Å². The lowest BCUT2D eigenvalue weighted by Crippen LogP contribution is -2.27. The van der Waals surface area contributed by atoms with Crippen molar-refractivity contribution in [3.05, 3.63) is 59.5 Å². The molecule has 0 aliphatic carbocycles. The summed E-state index contributed by atoms with van der Waals surface area (Å²) in [5.74, 6) is 0.420. The lowest BCUT2D eigenvalue weighted by atomic mass is 10.2. The van der Waals surface area contributed by atoms with E-state index in [2.05, 4.69) is 10.3 Å². The van der Waals surface area contributed by atoms with Crippen molar-refractivity contribution < 1.29 is 17.9 Å². The van der Waals surface area contributed by atoms with Crippen LogP contribution >= 0.6 is 11.3 Å². The van der Waals surface area contributed by atoms with Gasteiger partial charge in [-0.05, 0) is 49.2 Å². The van der Waals surface area contributed by atoms with E-state index in [1.165, 1.54) is 15.6 Å². The van der Waals surface area contributed by atoms with Gasteiger partial charge in [-0.2, -0.15) is 4.31 Å². The number of hydrogen-bond acceptors (Lipinski definition) is 6. The summed E-state index contributed by atoms with van der Waals surface area (Å²) in [6, 6.07) is 13.5. The van der Waals surface area contributed by atoms with Gasteiger partial charge < -0.3 is 4.74 Å². The molecule has 0 unspecified atom stereocenters. The van der Waals surface area contributed by atoms with Gasteiger partial charge in [0, 0.05) is 29.6 Å². The van der Waals surface area contributed by atoms with Crippen molar-refractivity contribution in [3.63, 3.8) is 0 Å². The first-order valence-corrected chi connectivity index (χ1v) is 11.8. The van der Waals surface area contributed by atoms with Crippen molar-refractivity contribution in [1.82, 2.24) is 9.29 Å². The standard InChI is InChI=1S/C21H21N3O4S2/c1-28-17-8-4-16(5-9-17)20(25)23-21-22-19(14-29-21)15-6-10-18(11-7-15)30(26,27)24-12-2-3-13-24/h4-11,14H,2-3,12-13H2,1H3,(H,22,23,25). The molecule has 2 heterocycles. The Balaban J connectivity index is 1.46. The van der Waals surface area contributed by atoms with E-state index < -0.39 is 10.0 Å². The second-order valence-corrected chi connectivity index (χ2v) is 9.65. The summed E-state index contributed by atoms with van der Waals surface area (Å²) < 4.78 is 31.9. The Hall–Kier alpha value is -2.75. The van der Waals surface area contributed by atoms with Crippen LogP contribution in [0.1, 0.15) is 23.2 Å². The van der Waals surface area contributed by atoms with Crippen LogP contribution in [0.4, 0.5) is 5.13 Å². The fraction of sp³-hybridized carbons (Fsp3) is 0.238. The smallest absolute Gasteiger partial charge is 0.257 e. The number of anilines is 1. The van der Waals surface area contributed by atoms with E-state index in [1.807, 2.05) is 5.38 Å². The second kappa shape index (κ2) is 8.55. The summed E-state index contributed by atoms with van der Waals surface area (Å²) >= 11 is 1.31. The number of nitrogens with one attached hydrogen (secondary N) is 1. The zero-order valence-electron chi connectivity index (χ0n) is 16.4. The largest absolute Gasteiger partial charge is 0.497 e. The van der Waals surface area contributed by atoms with E-state index in [1.54, 1.807) is 55.6 Å². The number of carbonyl (C=O) groups is 1. The monoisotopic (exact) mass is 443 g/mol. The highest BCUT2D eigenvalue weighted by Crippen LogP contribution is 2.28. The quantitative estimate of drug-likeness (QED) is 0.625. The molecule has 30 heavy (non-hydrogen) atoms. The first-order valence-electron chi connectivity index (χ1n) is 9.49. The van der Waals surface area contributed by atoms with Crippen LogP contribution in [0.5, 0.6) is 5.75 Å². The SMILES string of the molecule is COc1ccc(C(=O)Nc2nc(-c3ccc(S(=O)(=O)N4CCCC4)cc3)cs2)cc1. The second-order valence-electron chi connectivity index (χ2n) is 6.86. The zero-order valence-corrected chi connectivity index (χ0v) is 18.0. The van der Waals surface area contributed by atoms with Crippen LogP contribution in [0.15, 0.2) is 58.8 Å². The Bertz CT molecular complexity index is 1130. The van der Waals surface area contributed by atoms with Gasteiger partial charge >= 0.3 is 0 Å². The lowest BCUT2D eigenvalue weighted by molar-refractivity contribution is 0.102. The average molecular weight is 444 g/mol. The molecule has 0 radical (unpaired) electrons. The van der Waals surface area contributed by atoms with Gasteiger partial charge in [0.15, 0.2) is 5.13 Å². The maximum Gasteiger partial charge on any atom is 0.257 e. The minimum atomic E-state index is -3.43. The molecule has 1 fully saturated rings. The van der Waals surface area contributed by atoms with Crippen LogP contribution in [0.3, 0.4) is 0 Å². The Morgan fingerprint density at radius 3 is 2.37 bits per heavy atom. The number of carbonyl (C=O) groups excluding carboxylic acids is 1. The van der Waals surface area contributed by atoms with Crippen LogP contribution in [0.2, 0.25) is 0 Å². The fourth-order valence-corrected chi connectivity index (χ4v) is 5.48. The van der Waals surface area contributed by atoms with Gasteiger partial charge in [-0.15, -0.1) is 11.3 Å². The van der Waals surface area contributed by atoms with Gasteiger partial charge in [-0.25, -0.2) is 13.4 Å². The van der Waals surface area contributed by atoms with Gasteiger partial charge in [-0.1, -0.05) is 12.1 Å². The van der Waals surface area contributed by atoms with Crippen molar-refractivity contribution in [2.45, 2.75) is 17.7 Å². The normalized spacial score (nSPS) is 14.6. The van der Waals surface area contributed by atoms with E-state index in [4.69, 9.17) is 4.74 Å². The van der Waals surface area contributed by atoms with Gasteiger partial charge in [0.05, 0.1) is 17.7 Å². The van der Waals surface area contributed by atoms with E-state index in [0.29, 0.717) is 35.2 Å². The number of methoxy groups -OCH3 is 1. The number of nitrogens with zero attached hydrogens (tertiary/aromatic N) is 2. The molecule has 0 spiro atoms. The Morgan fingerprint density at radius 2 is 1.73 bits per heavy atom. The zero-order chi connectivity index (χ0) is 21.1. The third-order valence-electron chi connectivity index (χ3n) is 4.93. The van der Waals surface area contributed by atoms with Crippen molar-refractivity contribution in [1.29, 1.82) is 0 Å². The molecule has 1 aliphatic rings. The third-order valence-corrected chi connectivity index (χ3v) is 7.60. The van der Waals surface area contributed by atoms with Crippen LogP contribution < -0.4 is 10.1 Å². The van der Waals surface area contributed by atoms with Crippen LogP contribution in [-0.2, 0) is 10.0 Å². The molecule has 1 saturated heterocycles.